The molecule has 0 radical (unpaired) electrons. The van der Waals surface area contributed by atoms with Crippen LogP contribution in [0.5, 0.6) is 11.5 Å². The number of aromatic hydroxyl groups is 2. The SMILES string of the molecule is CC(C)NCC(O)c1ccc(O)c(O)c1.CC(N)Cc1ccccc1.CC(N)Cc1ccccc1.O=S(=O)(O)O. The highest BCUT2D eigenvalue weighted by molar-refractivity contribution is 7.79. The summed E-state index contributed by atoms with van der Waals surface area (Å²) in [6, 6.07) is 25.7. The summed E-state index contributed by atoms with van der Waals surface area (Å²) < 4.78 is 31.6. The maximum absolute atomic E-state index is 9.73. The number of phenolic OH excluding ortho intramolecular Hbond substituents is 2. The van der Waals surface area contributed by atoms with Crippen molar-refractivity contribution in [3.63, 3.8) is 0 Å². The summed E-state index contributed by atoms with van der Waals surface area (Å²) in [6.45, 7) is 8.43. The first-order valence-electron chi connectivity index (χ1n) is 12.8. The van der Waals surface area contributed by atoms with Crippen molar-refractivity contribution in [2.45, 2.75) is 64.8 Å². The molecule has 0 amide bonds. The zero-order valence-electron chi connectivity index (χ0n) is 23.6. The fourth-order valence-corrected chi connectivity index (χ4v) is 3.18. The van der Waals surface area contributed by atoms with E-state index in [4.69, 9.17) is 34.1 Å². The van der Waals surface area contributed by atoms with E-state index in [1.165, 1.54) is 23.3 Å². The Kier molecular flexibility index (Phi) is 18.4. The smallest absolute Gasteiger partial charge is 0.394 e. The van der Waals surface area contributed by atoms with Crippen LogP contribution < -0.4 is 16.8 Å². The van der Waals surface area contributed by atoms with E-state index in [-0.39, 0.29) is 23.6 Å². The molecule has 0 fully saturated rings. The van der Waals surface area contributed by atoms with E-state index in [0.29, 0.717) is 18.2 Å². The molecule has 0 aliphatic carbocycles. The van der Waals surface area contributed by atoms with E-state index in [0.717, 1.165) is 12.8 Å². The highest BCUT2D eigenvalue weighted by Crippen LogP contribution is 2.27. The summed E-state index contributed by atoms with van der Waals surface area (Å²) >= 11 is 0. The number of aliphatic hydroxyl groups excluding tert-OH is 1. The van der Waals surface area contributed by atoms with Gasteiger partial charge in [-0.2, -0.15) is 8.42 Å². The Bertz CT molecular complexity index is 1110. The summed E-state index contributed by atoms with van der Waals surface area (Å²) in [5.41, 5.74) is 14.5. The van der Waals surface area contributed by atoms with Crippen molar-refractivity contribution in [2.75, 3.05) is 6.54 Å². The van der Waals surface area contributed by atoms with Crippen molar-refractivity contribution in [3.05, 3.63) is 95.6 Å². The lowest BCUT2D eigenvalue weighted by Crippen LogP contribution is -2.27. The summed E-state index contributed by atoms with van der Waals surface area (Å²) in [7, 11) is -4.67. The first-order chi connectivity index (χ1) is 18.6. The van der Waals surface area contributed by atoms with Crippen LogP contribution in [-0.4, -0.2) is 57.5 Å². The number of aliphatic hydroxyl groups is 1. The van der Waals surface area contributed by atoms with Gasteiger partial charge in [-0.1, -0.05) is 80.6 Å². The van der Waals surface area contributed by atoms with Gasteiger partial charge in [-0.05, 0) is 55.5 Å². The quantitative estimate of drug-likeness (QED) is 0.144. The maximum atomic E-state index is 9.73. The molecule has 40 heavy (non-hydrogen) atoms. The molecule has 3 atom stereocenters. The van der Waals surface area contributed by atoms with Gasteiger partial charge >= 0.3 is 10.4 Å². The normalized spacial score (nSPS) is 12.8. The molecule has 0 heterocycles. The van der Waals surface area contributed by atoms with Gasteiger partial charge < -0.3 is 32.1 Å². The average Bonchev–Trinajstić information content (AvgIpc) is 2.84. The molecule has 0 aliphatic rings. The zero-order chi connectivity index (χ0) is 30.7. The van der Waals surface area contributed by atoms with Gasteiger partial charge in [0, 0.05) is 24.7 Å². The third-order valence-corrected chi connectivity index (χ3v) is 4.90. The molecule has 3 aromatic rings. The monoisotopic (exact) mass is 579 g/mol. The van der Waals surface area contributed by atoms with Gasteiger partial charge in [-0.15, -0.1) is 0 Å². The lowest BCUT2D eigenvalue weighted by molar-refractivity contribution is 0.171. The molecule has 0 aromatic heterocycles. The van der Waals surface area contributed by atoms with Gasteiger partial charge in [0.05, 0.1) is 6.10 Å². The zero-order valence-corrected chi connectivity index (χ0v) is 24.4. The van der Waals surface area contributed by atoms with Crippen LogP contribution in [0.15, 0.2) is 78.9 Å². The molecule has 3 rings (SSSR count). The summed E-state index contributed by atoms with van der Waals surface area (Å²) in [4.78, 5) is 0. The van der Waals surface area contributed by atoms with Crippen LogP contribution in [0.1, 0.15) is 50.5 Å². The van der Waals surface area contributed by atoms with Gasteiger partial charge in [-0.3, -0.25) is 9.11 Å². The highest BCUT2D eigenvalue weighted by atomic mass is 32.3. The largest absolute Gasteiger partial charge is 0.504 e. The predicted octanol–water partition coefficient (Wildman–Crippen LogP) is 3.63. The number of benzene rings is 3. The molecule has 3 aromatic carbocycles. The fraction of sp³-hybridized carbons (Fsp3) is 0.379. The summed E-state index contributed by atoms with van der Waals surface area (Å²) in [5.74, 6) is -0.390. The van der Waals surface area contributed by atoms with Gasteiger partial charge in [0.25, 0.3) is 0 Å². The maximum Gasteiger partial charge on any atom is 0.394 e. The van der Waals surface area contributed by atoms with E-state index in [9.17, 15) is 10.2 Å². The van der Waals surface area contributed by atoms with Crippen molar-refractivity contribution in [3.8, 4) is 11.5 Å². The molecule has 224 valence electrons. The van der Waals surface area contributed by atoms with Gasteiger partial charge in [-0.25, -0.2) is 0 Å². The Labute approximate surface area is 238 Å². The third-order valence-electron chi connectivity index (χ3n) is 4.90. The lowest BCUT2D eigenvalue weighted by atomic mass is 10.1. The molecule has 0 saturated carbocycles. The third kappa shape index (κ3) is 21.9. The Hall–Kier alpha value is -3.03. The van der Waals surface area contributed by atoms with Crippen LogP contribution in [0.4, 0.5) is 0 Å². The molecule has 3 unspecified atom stereocenters. The van der Waals surface area contributed by atoms with Crippen molar-refractivity contribution in [1.29, 1.82) is 0 Å². The van der Waals surface area contributed by atoms with E-state index in [2.05, 4.69) is 29.6 Å². The number of rotatable bonds is 8. The van der Waals surface area contributed by atoms with E-state index < -0.39 is 16.5 Å². The number of nitrogens with two attached hydrogens (primary N) is 2. The van der Waals surface area contributed by atoms with Crippen molar-refractivity contribution in [1.82, 2.24) is 5.32 Å². The van der Waals surface area contributed by atoms with Crippen LogP contribution in [0.3, 0.4) is 0 Å². The molecular formula is C29H45N3O7S. The number of phenols is 2. The minimum absolute atomic E-state index is 0.178. The van der Waals surface area contributed by atoms with E-state index in [1.807, 2.05) is 64.1 Å². The number of hydrogen-bond donors (Lipinski definition) is 8. The van der Waals surface area contributed by atoms with Crippen LogP contribution in [0.2, 0.25) is 0 Å². The number of nitrogens with one attached hydrogen (secondary N) is 1. The minimum atomic E-state index is -4.67. The first-order valence-corrected chi connectivity index (χ1v) is 14.2. The van der Waals surface area contributed by atoms with Crippen molar-refractivity contribution in [2.24, 2.45) is 11.5 Å². The molecule has 10 N–H and O–H groups in total. The Morgan fingerprint density at radius 1 is 0.725 bits per heavy atom. The Morgan fingerprint density at radius 3 is 1.45 bits per heavy atom. The highest BCUT2D eigenvalue weighted by Gasteiger charge is 2.10. The second-order valence-corrected chi connectivity index (χ2v) is 10.5. The molecule has 11 heteroatoms. The molecule has 10 nitrogen and oxygen atoms in total. The minimum Gasteiger partial charge on any atom is -0.504 e. The molecule has 0 bridgehead atoms. The van der Waals surface area contributed by atoms with Gasteiger partial charge in [0.1, 0.15) is 0 Å². The standard InChI is InChI=1S/C11H17NO3.2C9H13N.H2O4S/c1-7(2)12-6-11(15)8-3-4-9(13)10(14)5-8;2*1-8(10)7-9-5-3-2-4-6-9;1-5(2,3)4/h3-5,7,11-15H,6H2,1-2H3;2*2-6,8H,7,10H2,1H3;(H2,1,2,3,4). The Morgan fingerprint density at radius 2 is 1.12 bits per heavy atom. The van der Waals surface area contributed by atoms with E-state index in [1.54, 1.807) is 6.07 Å². The molecular weight excluding hydrogens is 534 g/mol. The summed E-state index contributed by atoms with van der Waals surface area (Å²) in [5, 5.41) is 31.2. The summed E-state index contributed by atoms with van der Waals surface area (Å²) in [6.07, 6.45) is 1.26. The second kappa shape index (κ2) is 19.9. The fourth-order valence-electron chi connectivity index (χ4n) is 3.18. The first kappa shape index (κ1) is 37.0. The second-order valence-electron chi connectivity index (χ2n) is 9.61. The lowest BCUT2D eigenvalue weighted by Gasteiger charge is -2.14. The Balaban J connectivity index is 0.000000539. The van der Waals surface area contributed by atoms with Crippen LogP contribution >= 0.6 is 0 Å². The predicted molar refractivity (Wildman–Crippen MR) is 160 cm³/mol. The average molecular weight is 580 g/mol. The van der Waals surface area contributed by atoms with E-state index >= 15 is 0 Å². The van der Waals surface area contributed by atoms with Crippen molar-refractivity contribution >= 4 is 10.4 Å². The molecule has 0 aliphatic heterocycles. The number of hydrogen-bond acceptors (Lipinski definition) is 8. The van der Waals surface area contributed by atoms with Crippen molar-refractivity contribution < 1.29 is 32.8 Å². The topological polar surface area (TPSA) is 199 Å². The van der Waals surface area contributed by atoms with Crippen LogP contribution in [0, 0.1) is 0 Å². The molecule has 0 spiro atoms. The van der Waals surface area contributed by atoms with Crippen LogP contribution in [0.25, 0.3) is 0 Å². The molecule has 0 saturated heterocycles. The van der Waals surface area contributed by atoms with Gasteiger partial charge in [0.15, 0.2) is 11.5 Å². The van der Waals surface area contributed by atoms with Gasteiger partial charge in [0.2, 0.25) is 0 Å². The van der Waals surface area contributed by atoms with Crippen LogP contribution in [-0.2, 0) is 23.2 Å².